The van der Waals surface area contributed by atoms with E-state index in [0.717, 1.165) is 19.4 Å². The van der Waals surface area contributed by atoms with Gasteiger partial charge in [-0.1, -0.05) is 6.92 Å². The summed E-state index contributed by atoms with van der Waals surface area (Å²) in [5.74, 6) is 0. The molecule has 0 fully saturated rings. The van der Waals surface area contributed by atoms with Crippen LogP contribution in [0.1, 0.15) is 41.2 Å². The molecule has 0 bridgehead atoms. The fourth-order valence-corrected chi connectivity index (χ4v) is 3.24. The number of nitrogens with two attached hydrogens (primary N) is 1. The van der Waals surface area contributed by atoms with E-state index in [2.05, 4.69) is 13.0 Å². The molecule has 1 unspecified atom stereocenters. The third-order valence-electron chi connectivity index (χ3n) is 2.92. The van der Waals surface area contributed by atoms with Crippen LogP contribution in [0.4, 0.5) is 0 Å². The highest BCUT2D eigenvalue weighted by Crippen LogP contribution is 2.32. The van der Waals surface area contributed by atoms with E-state index >= 15 is 0 Å². The number of rotatable bonds is 2. The smallest absolute Gasteiger partial charge is 0.0957 e. The van der Waals surface area contributed by atoms with Gasteiger partial charge in [0, 0.05) is 22.9 Å². The quantitative estimate of drug-likeness (QED) is 0.840. The zero-order chi connectivity index (χ0) is 10.7. The van der Waals surface area contributed by atoms with Crippen molar-refractivity contribution >= 4 is 11.3 Å². The Morgan fingerprint density at radius 3 is 3.13 bits per heavy atom. The van der Waals surface area contributed by atoms with E-state index in [1.165, 1.54) is 28.2 Å². The van der Waals surface area contributed by atoms with Crippen molar-refractivity contribution in [1.82, 2.24) is 0 Å². The summed E-state index contributed by atoms with van der Waals surface area (Å²) in [5.41, 5.74) is 7.13. The first-order chi connectivity index (χ1) is 7.35. The maximum absolute atomic E-state index is 5.80. The Balaban J connectivity index is 2.29. The third kappa shape index (κ3) is 2.41. The van der Waals surface area contributed by atoms with Crippen molar-refractivity contribution in [2.45, 2.75) is 38.7 Å². The first-order valence-corrected chi connectivity index (χ1v) is 6.60. The van der Waals surface area contributed by atoms with E-state index in [-0.39, 0.29) is 6.10 Å². The Hall–Kier alpha value is -0.380. The van der Waals surface area contributed by atoms with Crippen molar-refractivity contribution in [2.75, 3.05) is 13.2 Å². The van der Waals surface area contributed by atoms with Crippen molar-refractivity contribution in [3.8, 4) is 0 Å². The fourth-order valence-electron chi connectivity index (χ4n) is 2.04. The van der Waals surface area contributed by atoms with Gasteiger partial charge in [0.2, 0.25) is 0 Å². The van der Waals surface area contributed by atoms with E-state index < -0.39 is 0 Å². The molecule has 84 valence electrons. The molecule has 0 saturated heterocycles. The Bertz CT molecular complexity index is 321. The first-order valence-electron chi connectivity index (χ1n) is 5.78. The Labute approximate surface area is 95.4 Å². The lowest BCUT2D eigenvalue weighted by molar-refractivity contribution is 0.0529. The molecule has 0 aliphatic carbocycles. The number of fused-ring (bicyclic) bond motifs is 1. The fraction of sp³-hybridized carbons (Fsp3) is 0.667. The van der Waals surface area contributed by atoms with Gasteiger partial charge >= 0.3 is 0 Å². The molecule has 2 N–H and O–H groups in total. The normalized spacial score (nSPS) is 21.9. The monoisotopic (exact) mass is 225 g/mol. The molecule has 1 atom stereocenters. The summed E-state index contributed by atoms with van der Waals surface area (Å²) in [4.78, 5) is 2.96. The molecule has 0 spiro atoms. The van der Waals surface area contributed by atoms with Gasteiger partial charge < -0.3 is 10.5 Å². The zero-order valence-corrected chi connectivity index (χ0v) is 10.1. The largest absolute Gasteiger partial charge is 0.372 e. The Morgan fingerprint density at radius 2 is 2.40 bits per heavy atom. The van der Waals surface area contributed by atoms with Crippen molar-refractivity contribution in [3.05, 3.63) is 21.4 Å². The number of hydrogen-bond acceptors (Lipinski definition) is 3. The van der Waals surface area contributed by atoms with Gasteiger partial charge in [-0.25, -0.2) is 0 Å². The molecule has 2 nitrogen and oxygen atoms in total. The SMILES string of the molecule is CCc1cc2c(s1)CCCCOC2CN. The van der Waals surface area contributed by atoms with Crippen molar-refractivity contribution in [2.24, 2.45) is 5.73 Å². The second-order valence-corrected chi connectivity index (χ2v) is 5.22. The first kappa shape index (κ1) is 11.1. The van der Waals surface area contributed by atoms with Gasteiger partial charge in [0.25, 0.3) is 0 Å². The van der Waals surface area contributed by atoms with E-state index in [0.29, 0.717) is 6.54 Å². The molecule has 2 rings (SSSR count). The summed E-state index contributed by atoms with van der Waals surface area (Å²) >= 11 is 1.94. The molecule has 1 aliphatic heterocycles. The highest BCUT2D eigenvalue weighted by molar-refractivity contribution is 7.12. The van der Waals surface area contributed by atoms with Crippen LogP contribution in [0.3, 0.4) is 0 Å². The van der Waals surface area contributed by atoms with Gasteiger partial charge in [0.05, 0.1) is 6.10 Å². The van der Waals surface area contributed by atoms with Gasteiger partial charge in [0.15, 0.2) is 0 Å². The molecule has 1 aromatic heterocycles. The van der Waals surface area contributed by atoms with E-state index in [1.807, 2.05) is 11.3 Å². The molecular weight excluding hydrogens is 206 g/mol. The van der Waals surface area contributed by atoms with E-state index in [9.17, 15) is 0 Å². The molecule has 1 aromatic rings. The van der Waals surface area contributed by atoms with Crippen LogP contribution < -0.4 is 5.73 Å². The van der Waals surface area contributed by atoms with Gasteiger partial charge in [0.1, 0.15) is 0 Å². The van der Waals surface area contributed by atoms with Crippen molar-refractivity contribution < 1.29 is 4.74 Å². The topological polar surface area (TPSA) is 35.2 Å². The molecule has 0 saturated carbocycles. The van der Waals surface area contributed by atoms with Crippen LogP contribution in [0.25, 0.3) is 0 Å². The van der Waals surface area contributed by atoms with Crippen LogP contribution in [0.5, 0.6) is 0 Å². The van der Waals surface area contributed by atoms with Crippen molar-refractivity contribution in [1.29, 1.82) is 0 Å². The highest BCUT2D eigenvalue weighted by atomic mass is 32.1. The molecule has 0 aromatic carbocycles. The van der Waals surface area contributed by atoms with Crippen LogP contribution in [-0.4, -0.2) is 13.2 Å². The molecule has 15 heavy (non-hydrogen) atoms. The summed E-state index contributed by atoms with van der Waals surface area (Å²) in [5, 5.41) is 0. The minimum atomic E-state index is 0.136. The Kier molecular flexibility index (Phi) is 3.78. The predicted octanol–water partition coefficient (Wildman–Crippen LogP) is 2.66. The number of aryl methyl sites for hydroxylation is 2. The highest BCUT2D eigenvalue weighted by Gasteiger charge is 2.19. The summed E-state index contributed by atoms with van der Waals surface area (Å²) in [7, 11) is 0. The summed E-state index contributed by atoms with van der Waals surface area (Å²) in [6, 6.07) is 2.29. The molecule has 0 amide bonds. The minimum absolute atomic E-state index is 0.136. The average molecular weight is 225 g/mol. The summed E-state index contributed by atoms with van der Waals surface area (Å²) in [6.07, 6.45) is 4.87. The van der Waals surface area contributed by atoms with Gasteiger partial charge in [-0.2, -0.15) is 0 Å². The predicted molar refractivity (Wildman–Crippen MR) is 64.4 cm³/mol. The molecule has 1 aliphatic rings. The molecule has 2 heterocycles. The maximum atomic E-state index is 5.80. The van der Waals surface area contributed by atoms with Crippen molar-refractivity contribution in [3.63, 3.8) is 0 Å². The van der Waals surface area contributed by atoms with Crippen LogP contribution >= 0.6 is 11.3 Å². The minimum Gasteiger partial charge on any atom is -0.372 e. The number of thiophene rings is 1. The van der Waals surface area contributed by atoms with Gasteiger partial charge in [-0.05, 0) is 37.3 Å². The van der Waals surface area contributed by atoms with Gasteiger partial charge in [-0.15, -0.1) is 11.3 Å². The van der Waals surface area contributed by atoms with Crippen LogP contribution in [0, 0.1) is 0 Å². The Morgan fingerprint density at radius 1 is 1.53 bits per heavy atom. The van der Waals surface area contributed by atoms with Crippen LogP contribution in [0.2, 0.25) is 0 Å². The maximum Gasteiger partial charge on any atom is 0.0957 e. The van der Waals surface area contributed by atoms with E-state index in [4.69, 9.17) is 10.5 Å². The third-order valence-corrected chi connectivity index (χ3v) is 4.27. The van der Waals surface area contributed by atoms with Crippen LogP contribution in [-0.2, 0) is 17.6 Å². The second kappa shape index (κ2) is 5.10. The standard InChI is InChI=1S/C12H19NOS/c1-2-9-7-10-11(8-13)14-6-4-3-5-12(10)15-9/h7,11H,2-6,8,13H2,1H3. The molecular formula is C12H19NOS. The lowest BCUT2D eigenvalue weighted by atomic mass is 10.0. The second-order valence-electron chi connectivity index (χ2n) is 4.00. The van der Waals surface area contributed by atoms with Gasteiger partial charge in [-0.3, -0.25) is 0 Å². The summed E-state index contributed by atoms with van der Waals surface area (Å²) in [6.45, 7) is 3.67. The lowest BCUT2D eigenvalue weighted by Crippen LogP contribution is -2.18. The number of hydrogen-bond donors (Lipinski definition) is 1. The molecule has 3 heteroatoms. The van der Waals surface area contributed by atoms with E-state index in [1.54, 1.807) is 0 Å². The number of ether oxygens (including phenoxy) is 1. The lowest BCUT2D eigenvalue weighted by Gasteiger charge is -2.19. The zero-order valence-electron chi connectivity index (χ0n) is 9.29. The summed E-state index contributed by atoms with van der Waals surface area (Å²) < 4.78 is 5.80. The average Bonchev–Trinajstić information content (AvgIpc) is 2.62. The van der Waals surface area contributed by atoms with Crippen LogP contribution in [0.15, 0.2) is 6.07 Å². The molecule has 0 radical (unpaired) electrons.